The summed E-state index contributed by atoms with van der Waals surface area (Å²) in [7, 11) is 0. The fourth-order valence-corrected chi connectivity index (χ4v) is 1.74. The first-order chi connectivity index (χ1) is 10.1. The van der Waals surface area contributed by atoms with Crippen LogP contribution in [0.1, 0.15) is 26.2 Å². The van der Waals surface area contributed by atoms with Crippen LogP contribution in [0.3, 0.4) is 0 Å². The van der Waals surface area contributed by atoms with Crippen LogP contribution in [0.2, 0.25) is 0 Å². The second kappa shape index (κ2) is 9.63. The van der Waals surface area contributed by atoms with Gasteiger partial charge in [-0.15, -0.1) is 0 Å². The van der Waals surface area contributed by atoms with Gasteiger partial charge in [0, 0.05) is 6.54 Å². The summed E-state index contributed by atoms with van der Waals surface area (Å²) < 4.78 is 5.48. The maximum atomic E-state index is 11.5. The lowest BCUT2D eigenvalue weighted by atomic mass is 10.2. The molecule has 0 aliphatic heterocycles. The van der Waals surface area contributed by atoms with Gasteiger partial charge in [-0.25, -0.2) is 9.59 Å². The summed E-state index contributed by atoms with van der Waals surface area (Å²) in [5.41, 5.74) is 0. The van der Waals surface area contributed by atoms with Gasteiger partial charge in [-0.1, -0.05) is 31.5 Å². The van der Waals surface area contributed by atoms with Crippen LogP contribution in [0.4, 0.5) is 4.79 Å². The Morgan fingerprint density at radius 3 is 2.62 bits per heavy atom. The Kier molecular flexibility index (Phi) is 7.71. The molecular weight excluding hydrogens is 272 g/mol. The van der Waals surface area contributed by atoms with Gasteiger partial charge in [0.1, 0.15) is 11.8 Å². The fraction of sp³-hybridized carbons (Fsp3) is 0.467. The molecule has 0 heterocycles. The minimum absolute atomic E-state index is 0.417. The number of carboxylic acid groups (broad SMARTS) is 1. The van der Waals surface area contributed by atoms with E-state index >= 15 is 0 Å². The normalized spacial score (nSPS) is 11.5. The van der Waals surface area contributed by atoms with E-state index in [0.29, 0.717) is 32.4 Å². The second-order valence-corrected chi connectivity index (χ2v) is 4.59. The number of urea groups is 1. The van der Waals surface area contributed by atoms with Crippen molar-refractivity contribution in [1.29, 1.82) is 0 Å². The maximum absolute atomic E-state index is 11.5. The van der Waals surface area contributed by atoms with Gasteiger partial charge in [0.25, 0.3) is 0 Å². The Balaban J connectivity index is 2.14. The predicted molar refractivity (Wildman–Crippen MR) is 79.4 cm³/mol. The molecule has 6 heteroatoms. The summed E-state index contributed by atoms with van der Waals surface area (Å²) in [6, 6.07) is 8.12. The summed E-state index contributed by atoms with van der Waals surface area (Å²) in [4.78, 5) is 22.4. The standard InChI is InChI=1S/C15H22N2O4/c1-2-7-13(14(18)19)17-15(20)16-10-6-11-21-12-8-4-3-5-9-12/h3-5,8-9,13H,2,6-7,10-11H2,1H3,(H,18,19)(H2,16,17,20)/t13-/m0/s1. The third-order valence-electron chi connectivity index (χ3n) is 2.80. The number of carbonyl (C=O) groups is 2. The van der Waals surface area contributed by atoms with E-state index in [9.17, 15) is 9.59 Å². The minimum atomic E-state index is -1.01. The number of carbonyl (C=O) groups excluding carboxylic acids is 1. The number of amides is 2. The van der Waals surface area contributed by atoms with Gasteiger partial charge in [-0.2, -0.15) is 0 Å². The first kappa shape index (κ1) is 16.8. The number of ether oxygens (including phenoxy) is 1. The number of benzene rings is 1. The summed E-state index contributed by atoms with van der Waals surface area (Å²) in [5.74, 6) is -0.227. The van der Waals surface area contributed by atoms with Gasteiger partial charge in [-0.05, 0) is 25.0 Å². The first-order valence-electron chi connectivity index (χ1n) is 7.08. The number of hydrogen-bond donors (Lipinski definition) is 3. The quantitative estimate of drug-likeness (QED) is 0.608. The van der Waals surface area contributed by atoms with Crippen molar-refractivity contribution < 1.29 is 19.4 Å². The average Bonchev–Trinajstić information content (AvgIpc) is 2.47. The lowest BCUT2D eigenvalue weighted by Gasteiger charge is -2.14. The molecule has 21 heavy (non-hydrogen) atoms. The topological polar surface area (TPSA) is 87.7 Å². The Bertz CT molecular complexity index is 437. The molecule has 1 aromatic rings. The molecule has 1 aromatic carbocycles. The van der Waals surface area contributed by atoms with E-state index in [1.807, 2.05) is 37.3 Å². The second-order valence-electron chi connectivity index (χ2n) is 4.59. The molecular formula is C15H22N2O4. The summed E-state index contributed by atoms with van der Waals surface area (Å²) in [5, 5.41) is 14.0. The zero-order valence-electron chi connectivity index (χ0n) is 12.2. The van der Waals surface area contributed by atoms with Crippen LogP contribution >= 0.6 is 0 Å². The fourth-order valence-electron chi connectivity index (χ4n) is 1.74. The third-order valence-corrected chi connectivity index (χ3v) is 2.80. The zero-order chi connectivity index (χ0) is 15.5. The van der Waals surface area contributed by atoms with Crippen molar-refractivity contribution in [2.24, 2.45) is 0 Å². The van der Waals surface area contributed by atoms with Gasteiger partial charge in [0.05, 0.1) is 6.61 Å². The van der Waals surface area contributed by atoms with Crippen LogP contribution in [-0.2, 0) is 4.79 Å². The third kappa shape index (κ3) is 7.20. The molecule has 0 unspecified atom stereocenters. The lowest BCUT2D eigenvalue weighted by Crippen LogP contribution is -2.46. The van der Waals surface area contributed by atoms with Crippen molar-refractivity contribution >= 4 is 12.0 Å². The highest BCUT2D eigenvalue weighted by Crippen LogP contribution is 2.07. The molecule has 1 rings (SSSR count). The molecule has 116 valence electrons. The maximum Gasteiger partial charge on any atom is 0.326 e. The molecule has 1 atom stereocenters. The van der Waals surface area contributed by atoms with E-state index in [0.717, 1.165) is 5.75 Å². The van der Waals surface area contributed by atoms with Crippen molar-refractivity contribution in [2.45, 2.75) is 32.2 Å². The van der Waals surface area contributed by atoms with Crippen molar-refractivity contribution in [2.75, 3.05) is 13.2 Å². The van der Waals surface area contributed by atoms with Gasteiger partial charge >= 0.3 is 12.0 Å². The van der Waals surface area contributed by atoms with E-state index in [2.05, 4.69) is 10.6 Å². The van der Waals surface area contributed by atoms with E-state index < -0.39 is 18.0 Å². The molecule has 0 radical (unpaired) electrons. The van der Waals surface area contributed by atoms with Gasteiger partial charge in [-0.3, -0.25) is 0 Å². The number of nitrogens with one attached hydrogen (secondary N) is 2. The lowest BCUT2D eigenvalue weighted by molar-refractivity contribution is -0.139. The highest BCUT2D eigenvalue weighted by atomic mass is 16.5. The Hall–Kier alpha value is -2.24. The molecule has 3 N–H and O–H groups in total. The number of aliphatic carboxylic acids is 1. The highest BCUT2D eigenvalue weighted by molar-refractivity contribution is 5.82. The summed E-state index contributed by atoms with van der Waals surface area (Å²) in [6.45, 7) is 2.79. The van der Waals surface area contributed by atoms with Gasteiger partial charge < -0.3 is 20.5 Å². The van der Waals surface area contributed by atoms with Crippen LogP contribution in [0.15, 0.2) is 30.3 Å². The Labute approximate surface area is 124 Å². The van der Waals surface area contributed by atoms with Crippen LogP contribution in [-0.4, -0.2) is 36.3 Å². The number of para-hydroxylation sites is 1. The van der Waals surface area contributed by atoms with Crippen molar-refractivity contribution in [3.05, 3.63) is 30.3 Å². The molecule has 0 fully saturated rings. The molecule has 0 saturated heterocycles. The van der Waals surface area contributed by atoms with Crippen LogP contribution in [0.5, 0.6) is 5.75 Å². The van der Waals surface area contributed by atoms with Gasteiger partial charge in [0.2, 0.25) is 0 Å². The molecule has 2 amide bonds. The van der Waals surface area contributed by atoms with Crippen molar-refractivity contribution in [3.63, 3.8) is 0 Å². The van der Waals surface area contributed by atoms with Crippen LogP contribution < -0.4 is 15.4 Å². The summed E-state index contributed by atoms with van der Waals surface area (Å²) >= 11 is 0. The largest absolute Gasteiger partial charge is 0.494 e. The average molecular weight is 294 g/mol. The zero-order valence-corrected chi connectivity index (χ0v) is 12.2. The Morgan fingerprint density at radius 1 is 1.29 bits per heavy atom. The van der Waals surface area contributed by atoms with E-state index in [1.54, 1.807) is 0 Å². The molecule has 0 aliphatic rings. The van der Waals surface area contributed by atoms with Crippen molar-refractivity contribution in [1.82, 2.24) is 10.6 Å². The molecule has 0 aromatic heterocycles. The molecule has 0 saturated carbocycles. The monoisotopic (exact) mass is 294 g/mol. The smallest absolute Gasteiger partial charge is 0.326 e. The van der Waals surface area contributed by atoms with Gasteiger partial charge in [0.15, 0.2) is 0 Å². The predicted octanol–water partition coefficient (Wildman–Crippen LogP) is 2.01. The van der Waals surface area contributed by atoms with Crippen molar-refractivity contribution in [3.8, 4) is 5.75 Å². The SMILES string of the molecule is CCC[C@H](NC(=O)NCCCOc1ccccc1)C(=O)O. The van der Waals surface area contributed by atoms with Crippen LogP contribution in [0, 0.1) is 0 Å². The molecule has 0 bridgehead atoms. The molecule has 6 nitrogen and oxygen atoms in total. The number of carboxylic acids is 1. The molecule has 0 aliphatic carbocycles. The van der Waals surface area contributed by atoms with Crippen LogP contribution in [0.25, 0.3) is 0 Å². The molecule has 0 spiro atoms. The highest BCUT2D eigenvalue weighted by Gasteiger charge is 2.18. The van der Waals surface area contributed by atoms with E-state index in [1.165, 1.54) is 0 Å². The number of hydrogen-bond acceptors (Lipinski definition) is 3. The minimum Gasteiger partial charge on any atom is -0.494 e. The Morgan fingerprint density at radius 2 is 2.00 bits per heavy atom. The van der Waals surface area contributed by atoms with E-state index in [-0.39, 0.29) is 0 Å². The first-order valence-corrected chi connectivity index (χ1v) is 7.08. The number of rotatable bonds is 9. The summed E-state index contributed by atoms with van der Waals surface area (Å²) in [6.07, 6.45) is 1.76. The van der Waals surface area contributed by atoms with E-state index in [4.69, 9.17) is 9.84 Å².